The van der Waals surface area contributed by atoms with Crippen molar-refractivity contribution in [1.82, 2.24) is 9.55 Å². The number of hydrogen-bond donors (Lipinski definition) is 1. The molecule has 0 spiro atoms. The summed E-state index contributed by atoms with van der Waals surface area (Å²) in [5.74, 6) is -0.894. The van der Waals surface area contributed by atoms with Crippen molar-refractivity contribution < 1.29 is 19.6 Å². The topological polar surface area (TPSA) is 120 Å². The van der Waals surface area contributed by atoms with E-state index in [1.54, 1.807) is 6.07 Å². The van der Waals surface area contributed by atoms with Gasteiger partial charge in [0.15, 0.2) is 10.7 Å². The zero-order valence-corrected chi connectivity index (χ0v) is 15.4. The summed E-state index contributed by atoms with van der Waals surface area (Å²) in [7, 11) is 1.18. The first-order valence-electron chi connectivity index (χ1n) is 8.70. The van der Waals surface area contributed by atoms with Crippen molar-refractivity contribution in [3.8, 4) is 0 Å². The van der Waals surface area contributed by atoms with E-state index in [4.69, 9.17) is 4.74 Å². The maximum absolute atomic E-state index is 12.6. The Balaban J connectivity index is 1.88. The number of nitro benzene ring substituents is 1. The van der Waals surface area contributed by atoms with E-state index in [0.717, 1.165) is 43.9 Å². The summed E-state index contributed by atoms with van der Waals surface area (Å²) in [5, 5.41) is 23.1. The van der Waals surface area contributed by atoms with Gasteiger partial charge in [0.05, 0.1) is 23.6 Å². The molecule has 0 radical (unpaired) electrons. The number of benzene rings is 1. The van der Waals surface area contributed by atoms with Crippen molar-refractivity contribution in [3.05, 3.63) is 28.3 Å². The lowest BCUT2D eigenvalue weighted by Crippen LogP contribution is -2.46. The molecule has 10 heteroatoms. The molecule has 1 atom stereocenters. The minimum absolute atomic E-state index is 0.0302. The minimum Gasteiger partial charge on any atom is -0.465 e. The minimum atomic E-state index is -2.17. The molecule has 1 N–H and O–H groups in total. The van der Waals surface area contributed by atoms with E-state index in [1.807, 2.05) is 0 Å². The number of methoxy groups -OCH3 is 1. The standard InChI is InChI=1S/C17H18N4O5S/c1-26-15(22)17(23)14(18-10-6-3-2-4-7-10)27-16-19-13-11(20(16)17)8-5-9-12(13)21(24)25/h5,8-10,23H,2-4,6-7H2,1H3. The first kappa shape index (κ1) is 17.9. The van der Waals surface area contributed by atoms with Crippen LogP contribution < -0.4 is 0 Å². The summed E-state index contributed by atoms with van der Waals surface area (Å²) in [6.07, 6.45) is 5.07. The van der Waals surface area contributed by atoms with Crippen LogP contribution in [0.25, 0.3) is 11.0 Å². The molecule has 2 heterocycles. The van der Waals surface area contributed by atoms with Crippen LogP contribution in [0, 0.1) is 10.1 Å². The predicted octanol–water partition coefficient (Wildman–Crippen LogP) is 2.60. The van der Waals surface area contributed by atoms with Gasteiger partial charge in [0.25, 0.3) is 11.4 Å². The molecule has 1 unspecified atom stereocenters. The van der Waals surface area contributed by atoms with Gasteiger partial charge in [-0.1, -0.05) is 25.3 Å². The van der Waals surface area contributed by atoms with Crippen LogP contribution in [0.2, 0.25) is 0 Å². The predicted molar refractivity (Wildman–Crippen MR) is 98.8 cm³/mol. The van der Waals surface area contributed by atoms with Crippen LogP contribution in [-0.2, 0) is 15.3 Å². The molecule has 1 aromatic carbocycles. The summed E-state index contributed by atoms with van der Waals surface area (Å²) in [4.78, 5) is 32.3. The Morgan fingerprint density at radius 2 is 2.19 bits per heavy atom. The fourth-order valence-corrected chi connectivity index (χ4v) is 4.81. The maximum atomic E-state index is 12.6. The monoisotopic (exact) mass is 390 g/mol. The lowest BCUT2D eigenvalue weighted by molar-refractivity contribution is -0.383. The molecule has 1 fully saturated rings. The van der Waals surface area contributed by atoms with Gasteiger partial charge in [0.1, 0.15) is 5.04 Å². The number of aliphatic imine (C=N–C) groups is 1. The van der Waals surface area contributed by atoms with E-state index in [1.165, 1.54) is 23.8 Å². The average molecular weight is 390 g/mol. The smallest absolute Gasteiger partial charge is 0.367 e. The Morgan fingerprint density at radius 1 is 1.44 bits per heavy atom. The Hall–Kier alpha value is -2.46. The van der Waals surface area contributed by atoms with Crippen molar-refractivity contribution in [2.75, 3.05) is 7.11 Å². The molecule has 1 saturated carbocycles. The number of nitrogens with zero attached hydrogens (tertiary/aromatic N) is 4. The van der Waals surface area contributed by atoms with Crippen molar-refractivity contribution in [3.63, 3.8) is 0 Å². The quantitative estimate of drug-likeness (QED) is 0.486. The van der Waals surface area contributed by atoms with Crippen molar-refractivity contribution in [1.29, 1.82) is 0 Å². The van der Waals surface area contributed by atoms with E-state index in [9.17, 15) is 20.0 Å². The van der Waals surface area contributed by atoms with Crippen LogP contribution in [0.15, 0.2) is 28.3 Å². The molecule has 1 aromatic heterocycles. The summed E-state index contributed by atoms with van der Waals surface area (Å²) in [6.45, 7) is 0. The lowest BCUT2D eigenvalue weighted by atomic mass is 9.96. The number of aliphatic hydroxyl groups is 1. The van der Waals surface area contributed by atoms with Crippen molar-refractivity contribution >= 4 is 39.5 Å². The van der Waals surface area contributed by atoms with E-state index >= 15 is 0 Å². The normalized spacial score (nSPS) is 24.3. The number of nitro groups is 1. The van der Waals surface area contributed by atoms with Gasteiger partial charge in [0, 0.05) is 6.07 Å². The first-order chi connectivity index (χ1) is 13.0. The molecule has 142 valence electrons. The molecule has 9 nitrogen and oxygen atoms in total. The number of carbonyl (C=O) groups is 1. The number of hydrogen-bond acceptors (Lipinski definition) is 8. The SMILES string of the molecule is COC(=O)C1(O)C(=NC2CCCCC2)Sc2nc3c([N+](=O)[O-])cccc3n21. The van der Waals surface area contributed by atoms with Crippen molar-refractivity contribution in [2.45, 2.75) is 49.0 Å². The van der Waals surface area contributed by atoms with Gasteiger partial charge in [-0.25, -0.2) is 9.78 Å². The van der Waals surface area contributed by atoms with E-state index < -0.39 is 16.6 Å². The zero-order chi connectivity index (χ0) is 19.2. The molecule has 1 aliphatic heterocycles. The lowest BCUT2D eigenvalue weighted by Gasteiger charge is -2.25. The molecule has 0 bridgehead atoms. The molecule has 2 aromatic rings. The number of imidazole rings is 1. The third-order valence-corrected chi connectivity index (χ3v) is 6.02. The molecule has 0 amide bonds. The maximum Gasteiger partial charge on any atom is 0.367 e. The molecule has 1 aliphatic carbocycles. The first-order valence-corrected chi connectivity index (χ1v) is 9.51. The van der Waals surface area contributed by atoms with Crippen LogP contribution >= 0.6 is 11.8 Å². The number of para-hydroxylation sites is 1. The van der Waals surface area contributed by atoms with Crippen LogP contribution in [0.5, 0.6) is 0 Å². The van der Waals surface area contributed by atoms with Crippen LogP contribution in [0.3, 0.4) is 0 Å². The number of esters is 1. The van der Waals surface area contributed by atoms with Crippen molar-refractivity contribution in [2.24, 2.45) is 4.99 Å². The van der Waals surface area contributed by atoms with Gasteiger partial charge in [-0.3, -0.25) is 19.7 Å². The van der Waals surface area contributed by atoms with Gasteiger partial charge in [-0.05, 0) is 30.7 Å². The Bertz CT molecular complexity index is 966. The van der Waals surface area contributed by atoms with Gasteiger partial charge in [-0.15, -0.1) is 0 Å². The second kappa shape index (κ2) is 6.61. The highest BCUT2D eigenvalue weighted by atomic mass is 32.2. The highest BCUT2D eigenvalue weighted by Crippen LogP contribution is 2.44. The number of fused-ring (bicyclic) bond motifs is 3. The second-order valence-electron chi connectivity index (χ2n) is 6.62. The number of thioether (sulfide) groups is 1. The molecule has 0 saturated heterocycles. The summed E-state index contributed by atoms with van der Waals surface area (Å²) in [6, 6.07) is 4.44. The van der Waals surface area contributed by atoms with Gasteiger partial charge in [-0.2, -0.15) is 0 Å². The van der Waals surface area contributed by atoms with E-state index in [0.29, 0.717) is 0 Å². The van der Waals surface area contributed by atoms with Gasteiger partial charge < -0.3 is 9.84 Å². The van der Waals surface area contributed by atoms with E-state index in [-0.39, 0.29) is 33.0 Å². The number of rotatable bonds is 3. The second-order valence-corrected chi connectivity index (χ2v) is 7.58. The molecule has 2 aliphatic rings. The third-order valence-electron chi connectivity index (χ3n) is 4.98. The van der Waals surface area contributed by atoms with Crippen LogP contribution in [0.4, 0.5) is 5.69 Å². The number of carbonyl (C=O) groups excluding carboxylic acids is 1. The highest BCUT2D eigenvalue weighted by molar-refractivity contribution is 8.14. The summed E-state index contributed by atoms with van der Waals surface area (Å²) < 4.78 is 6.13. The van der Waals surface area contributed by atoms with E-state index in [2.05, 4.69) is 9.98 Å². The summed E-state index contributed by atoms with van der Waals surface area (Å²) >= 11 is 1.06. The molecular formula is C17H18N4O5S. The number of ether oxygens (including phenoxy) is 1. The third kappa shape index (κ3) is 2.71. The molecule has 27 heavy (non-hydrogen) atoms. The summed E-state index contributed by atoms with van der Waals surface area (Å²) in [5.41, 5.74) is -1.96. The zero-order valence-electron chi connectivity index (χ0n) is 14.6. The largest absolute Gasteiger partial charge is 0.465 e. The van der Waals surface area contributed by atoms with Crippen LogP contribution in [-0.4, -0.2) is 43.7 Å². The Labute approximate surface area is 158 Å². The molecular weight excluding hydrogens is 372 g/mol. The van der Waals surface area contributed by atoms with Gasteiger partial charge in [0.2, 0.25) is 0 Å². The molecule has 4 rings (SSSR count). The van der Waals surface area contributed by atoms with Gasteiger partial charge >= 0.3 is 5.97 Å². The van der Waals surface area contributed by atoms with Crippen LogP contribution in [0.1, 0.15) is 32.1 Å². The highest BCUT2D eigenvalue weighted by Gasteiger charge is 2.54. The number of aromatic nitrogens is 2. The fraction of sp³-hybridized carbons (Fsp3) is 0.471. The Kier molecular flexibility index (Phi) is 4.39. The fourth-order valence-electron chi connectivity index (χ4n) is 3.66. The number of non-ortho nitro benzene ring substituents is 1. The average Bonchev–Trinajstić information content (AvgIpc) is 3.17. The Morgan fingerprint density at radius 3 is 2.85 bits per heavy atom.